The second-order valence-electron chi connectivity index (χ2n) is 10.8. The zero-order chi connectivity index (χ0) is 26.6. The summed E-state index contributed by atoms with van der Waals surface area (Å²) >= 11 is 1.60. The van der Waals surface area contributed by atoms with Crippen molar-refractivity contribution in [2.45, 2.75) is 38.6 Å². The van der Waals surface area contributed by atoms with Crippen LogP contribution in [0.15, 0.2) is 36.0 Å². The van der Waals surface area contributed by atoms with E-state index in [0.29, 0.717) is 34.9 Å². The third kappa shape index (κ3) is 4.35. The summed E-state index contributed by atoms with van der Waals surface area (Å²) in [6.07, 6.45) is 4.44. The normalized spacial score (nSPS) is 16.5. The van der Waals surface area contributed by atoms with Gasteiger partial charge in [0.15, 0.2) is 23.0 Å². The fourth-order valence-corrected chi connectivity index (χ4v) is 5.77. The summed E-state index contributed by atoms with van der Waals surface area (Å²) in [6.45, 7) is 8.74. The van der Waals surface area contributed by atoms with E-state index in [0.717, 1.165) is 41.1 Å². The number of anilines is 2. The summed E-state index contributed by atoms with van der Waals surface area (Å²) < 4.78 is 16.1. The van der Waals surface area contributed by atoms with E-state index in [2.05, 4.69) is 58.8 Å². The van der Waals surface area contributed by atoms with E-state index >= 15 is 0 Å². The number of rotatable bonds is 6. The summed E-state index contributed by atoms with van der Waals surface area (Å²) in [5, 5.41) is 11.5. The smallest absolute Gasteiger partial charge is 0.211 e. The Balaban J connectivity index is 1.34. The van der Waals surface area contributed by atoms with Gasteiger partial charge in [-0.15, -0.1) is 11.3 Å². The van der Waals surface area contributed by atoms with Crippen molar-refractivity contribution in [2.24, 2.45) is 7.05 Å². The van der Waals surface area contributed by atoms with Crippen molar-refractivity contribution in [3.63, 3.8) is 0 Å². The summed E-state index contributed by atoms with van der Waals surface area (Å²) in [5.74, 6) is 3.05. The summed E-state index contributed by atoms with van der Waals surface area (Å²) in [5.41, 5.74) is 2.43. The van der Waals surface area contributed by atoms with Crippen molar-refractivity contribution in [1.82, 2.24) is 34.2 Å². The van der Waals surface area contributed by atoms with E-state index in [-0.39, 0.29) is 5.41 Å². The summed E-state index contributed by atoms with van der Waals surface area (Å²) in [6, 6.07) is 6.47. The predicted molar refractivity (Wildman–Crippen MR) is 150 cm³/mol. The molecule has 10 nitrogen and oxygen atoms in total. The van der Waals surface area contributed by atoms with E-state index in [1.54, 1.807) is 30.8 Å². The molecule has 5 aromatic rings. The molecule has 0 radical (unpaired) electrons. The maximum absolute atomic E-state index is 6.16. The van der Waals surface area contributed by atoms with Crippen molar-refractivity contribution < 1.29 is 9.47 Å². The number of methoxy groups -OCH3 is 1. The van der Waals surface area contributed by atoms with Crippen LogP contribution in [-0.2, 0) is 12.5 Å². The molecule has 1 aliphatic rings. The third-order valence-corrected chi connectivity index (χ3v) is 7.83. The van der Waals surface area contributed by atoms with Gasteiger partial charge in [0.1, 0.15) is 16.1 Å². The van der Waals surface area contributed by atoms with Crippen LogP contribution in [0.25, 0.3) is 21.4 Å². The van der Waals surface area contributed by atoms with Crippen LogP contribution in [0, 0.1) is 0 Å². The first-order chi connectivity index (χ1) is 18.2. The van der Waals surface area contributed by atoms with Gasteiger partial charge in [-0.3, -0.25) is 4.68 Å². The zero-order valence-corrected chi connectivity index (χ0v) is 23.3. The second-order valence-corrected chi connectivity index (χ2v) is 11.7. The van der Waals surface area contributed by atoms with Gasteiger partial charge in [0, 0.05) is 36.2 Å². The van der Waals surface area contributed by atoms with Crippen LogP contribution in [0.4, 0.5) is 11.8 Å². The number of thiophene rings is 1. The number of hydrogen-bond donors (Lipinski definition) is 1. The van der Waals surface area contributed by atoms with Gasteiger partial charge in [0.05, 0.1) is 25.5 Å². The van der Waals surface area contributed by atoms with E-state index < -0.39 is 0 Å². The van der Waals surface area contributed by atoms with E-state index in [1.165, 1.54) is 5.69 Å². The minimum atomic E-state index is -0.0433. The van der Waals surface area contributed by atoms with Crippen LogP contribution in [-0.4, -0.2) is 61.4 Å². The molecule has 198 valence electrons. The molecule has 1 aliphatic heterocycles. The van der Waals surface area contributed by atoms with Gasteiger partial charge >= 0.3 is 0 Å². The van der Waals surface area contributed by atoms with E-state index in [4.69, 9.17) is 19.6 Å². The Morgan fingerprint density at radius 2 is 1.97 bits per heavy atom. The highest BCUT2D eigenvalue weighted by atomic mass is 32.1. The number of likely N-dealkylation sites (N-methyl/N-ethyl adjacent to an activating group) is 1. The third-order valence-electron chi connectivity index (χ3n) is 6.99. The topological polar surface area (TPSA) is 95.2 Å². The van der Waals surface area contributed by atoms with Gasteiger partial charge in [-0.25, -0.2) is 9.97 Å². The molecule has 11 heteroatoms. The van der Waals surface area contributed by atoms with Gasteiger partial charge in [0.2, 0.25) is 5.95 Å². The highest BCUT2D eigenvalue weighted by Gasteiger charge is 2.29. The molecular weight excluding hydrogens is 500 g/mol. The van der Waals surface area contributed by atoms with Gasteiger partial charge in [-0.1, -0.05) is 20.8 Å². The largest absolute Gasteiger partial charge is 0.491 e. The second kappa shape index (κ2) is 9.25. The highest BCUT2D eigenvalue weighted by molar-refractivity contribution is 7.16. The number of aromatic nitrogens is 6. The average Bonchev–Trinajstić information content (AvgIpc) is 3.66. The molecule has 0 saturated carbocycles. The van der Waals surface area contributed by atoms with E-state index in [1.807, 2.05) is 29.1 Å². The standard InChI is InChI=1S/C27H32N8O2S/c1-27(2,3)20-12-21(32-35(20)17-7-9-33(4)15-17)30-26-31-24-22(34(26)5)23(36-6)19(14-28-24)37-18-11-16-8-10-38-25(16)29-13-18/h8,10-14,17H,7,9,15H2,1-6H3,(H,28,30,31,32). The quantitative estimate of drug-likeness (QED) is 0.307. The van der Waals surface area contributed by atoms with Gasteiger partial charge in [-0.05, 0) is 37.5 Å². The first-order valence-corrected chi connectivity index (χ1v) is 13.6. The van der Waals surface area contributed by atoms with Gasteiger partial charge in [0.25, 0.3) is 0 Å². The van der Waals surface area contributed by atoms with Crippen molar-refractivity contribution in [3.8, 4) is 17.2 Å². The lowest BCUT2D eigenvalue weighted by Gasteiger charge is -2.23. The Labute approximate surface area is 225 Å². The SMILES string of the molecule is COc1c(Oc2cnc3sccc3c2)cnc2nc(Nc3cc(C(C)(C)C)n(C4CCN(C)C4)n3)n(C)c12. The number of hydrogen-bond acceptors (Lipinski definition) is 9. The lowest BCUT2D eigenvalue weighted by molar-refractivity contribution is 0.366. The molecule has 0 aliphatic carbocycles. The van der Waals surface area contributed by atoms with Crippen molar-refractivity contribution in [2.75, 3.05) is 32.6 Å². The molecule has 0 bridgehead atoms. The number of aryl methyl sites for hydroxylation is 1. The minimum absolute atomic E-state index is 0.0433. The molecule has 0 aromatic carbocycles. The Morgan fingerprint density at radius 1 is 1.13 bits per heavy atom. The lowest BCUT2D eigenvalue weighted by atomic mass is 9.91. The lowest BCUT2D eigenvalue weighted by Crippen LogP contribution is -2.24. The zero-order valence-electron chi connectivity index (χ0n) is 22.5. The molecule has 1 fully saturated rings. The number of pyridine rings is 2. The Hall–Kier alpha value is -3.70. The molecule has 1 N–H and O–H groups in total. The van der Waals surface area contributed by atoms with E-state index in [9.17, 15) is 0 Å². The van der Waals surface area contributed by atoms with Crippen molar-refractivity contribution in [1.29, 1.82) is 0 Å². The molecule has 0 spiro atoms. The fraction of sp³-hybridized carbons (Fsp3) is 0.407. The number of likely N-dealkylation sites (tertiary alicyclic amines) is 1. The van der Waals surface area contributed by atoms with Crippen molar-refractivity contribution >= 4 is 44.5 Å². The molecule has 1 atom stereocenters. The number of nitrogens with zero attached hydrogens (tertiary/aromatic N) is 7. The fourth-order valence-electron chi connectivity index (χ4n) is 5.05. The average molecular weight is 533 g/mol. The molecule has 6 heterocycles. The maximum atomic E-state index is 6.16. The summed E-state index contributed by atoms with van der Waals surface area (Å²) in [7, 11) is 5.71. The number of nitrogens with one attached hydrogen (secondary N) is 1. The minimum Gasteiger partial charge on any atom is -0.491 e. The van der Waals surface area contributed by atoms with Crippen LogP contribution in [0.2, 0.25) is 0 Å². The monoisotopic (exact) mass is 532 g/mol. The predicted octanol–water partition coefficient (Wildman–Crippen LogP) is 5.49. The van der Waals surface area contributed by atoms with Crippen LogP contribution in [0.1, 0.15) is 38.9 Å². The van der Waals surface area contributed by atoms with Crippen molar-refractivity contribution in [3.05, 3.63) is 41.7 Å². The molecule has 1 saturated heterocycles. The molecule has 5 aromatic heterocycles. The molecule has 6 rings (SSSR count). The number of fused-ring (bicyclic) bond motifs is 2. The number of ether oxygens (including phenoxy) is 2. The Kier molecular flexibility index (Phi) is 5.99. The van der Waals surface area contributed by atoms with Crippen LogP contribution < -0.4 is 14.8 Å². The molecule has 0 amide bonds. The van der Waals surface area contributed by atoms with Gasteiger partial charge < -0.3 is 24.3 Å². The van der Waals surface area contributed by atoms with Gasteiger partial charge in [-0.2, -0.15) is 10.1 Å². The first kappa shape index (κ1) is 24.6. The number of imidazole rings is 1. The highest BCUT2D eigenvalue weighted by Crippen LogP contribution is 2.39. The molecule has 38 heavy (non-hydrogen) atoms. The van der Waals surface area contributed by atoms with Crippen LogP contribution >= 0.6 is 11.3 Å². The molecular formula is C27H32N8O2S. The van der Waals surface area contributed by atoms with Crippen LogP contribution in [0.3, 0.4) is 0 Å². The Bertz CT molecular complexity index is 1630. The first-order valence-electron chi connectivity index (χ1n) is 12.7. The summed E-state index contributed by atoms with van der Waals surface area (Å²) in [4.78, 5) is 17.1. The molecule has 1 unspecified atom stereocenters. The van der Waals surface area contributed by atoms with Crippen LogP contribution in [0.5, 0.6) is 17.2 Å². The Morgan fingerprint density at radius 3 is 2.71 bits per heavy atom. The maximum Gasteiger partial charge on any atom is 0.211 e.